The summed E-state index contributed by atoms with van der Waals surface area (Å²) in [6, 6.07) is 2.02. The monoisotopic (exact) mass is 273 g/mol. The molecule has 0 saturated carbocycles. The van der Waals surface area contributed by atoms with Crippen LogP contribution >= 0.6 is 15.9 Å². The quantitative estimate of drug-likeness (QED) is 0.739. The third kappa shape index (κ3) is 9.41. The van der Waals surface area contributed by atoms with Gasteiger partial charge in [-0.2, -0.15) is 0 Å². The van der Waals surface area contributed by atoms with Gasteiger partial charge in [-0.1, -0.05) is 0 Å². The van der Waals surface area contributed by atoms with E-state index in [0.29, 0.717) is 6.47 Å². The van der Waals surface area contributed by atoms with Crippen LogP contribution in [0.1, 0.15) is 26.3 Å². The van der Waals surface area contributed by atoms with E-state index in [0.717, 1.165) is 4.47 Å². The zero-order valence-corrected chi connectivity index (χ0v) is 11.0. The maximum Gasteiger partial charge on any atom is 0.293 e. The van der Waals surface area contributed by atoms with Gasteiger partial charge in [0.2, 0.25) is 0 Å². The molecule has 0 aliphatic heterocycles. The average Bonchev–Trinajstić information content (AvgIpc) is 2.01. The van der Waals surface area contributed by atoms with Crippen LogP contribution in [0.25, 0.3) is 0 Å². The highest BCUT2D eigenvalue weighted by molar-refractivity contribution is 9.10. The van der Waals surface area contributed by atoms with Gasteiger partial charge in [-0.15, -0.1) is 0 Å². The normalized spacial score (nSPS) is 9.93. The van der Waals surface area contributed by atoms with E-state index in [2.05, 4.69) is 25.7 Å². The molecule has 15 heavy (non-hydrogen) atoms. The van der Waals surface area contributed by atoms with Crippen LogP contribution < -0.4 is 0 Å². The second-order valence-electron chi connectivity index (χ2n) is 4.01. The van der Waals surface area contributed by atoms with Crippen LogP contribution in [0.5, 0.6) is 0 Å². The van der Waals surface area contributed by atoms with Gasteiger partial charge in [-0.25, -0.2) is 0 Å². The number of carbonyl (C=O) groups is 1. The zero-order chi connectivity index (χ0) is 11.9. The van der Waals surface area contributed by atoms with Crippen molar-refractivity contribution < 1.29 is 9.53 Å². The zero-order valence-electron chi connectivity index (χ0n) is 9.45. The molecule has 1 rings (SSSR count). The van der Waals surface area contributed by atoms with Crippen LogP contribution in [0.2, 0.25) is 0 Å². The molecule has 0 aliphatic rings. The predicted octanol–water partition coefficient (Wildman–Crippen LogP) is 3.11. The SMILES string of the molecule is CC(C)(C)OC=O.Cc1cncc(Br)c1. The maximum absolute atomic E-state index is 9.60. The summed E-state index contributed by atoms with van der Waals surface area (Å²) in [5.74, 6) is 0. The van der Waals surface area contributed by atoms with Crippen molar-refractivity contribution in [2.45, 2.75) is 33.3 Å². The molecule has 3 nitrogen and oxygen atoms in total. The molecule has 0 fully saturated rings. The van der Waals surface area contributed by atoms with Crippen LogP contribution in [-0.2, 0) is 9.53 Å². The molecule has 0 saturated heterocycles. The van der Waals surface area contributed by atoms with Crippen LogP contribution in [0, 0.1) is 6.92 Å². The van der Waals surface area contributed by atoms with Crippen molar-refractivity contribution in [3.8, 4) is 0 Å². The fourth-order valence-corrected chi connectivity index (χ4v) is 1.14. The molecule has 0 unspecified atom stereocenters. The number of nitrogens with zero attached hydrogens (tertiary/aromatic N) is 1. The molecule has 0 amide bonds. The minimum atomic E-state index is -0.318. The predicted molar refractivity (Wildman–Crippen MR) is 63.6 cm³/mol. The lowest BCUT2D eigenvalue weighted by atomic mass is 10.2. The number of pyridine rings is 1. The molecule has 0 radical (unpaired) electrons. The summed E-state index contributed by atoms with van der Waals surface area (Å²) < 4.78 is 5.59. The van der Waals surface area contributed by atoms with Crippen molar-refractivity contribution in [3.63, 3.8) is 0 Å². The highest BCUT2D eigenvalue weighted by atomic mass is 79.9. The first kappa shape index (κ1) is 14.1. The number of hydrogen-bond acceptors (Lipinski definition) is 3. The molecule has 0 N–H and O–H groups in total. The molecule has 0 aliphatic carbocycles. The number of carbonyl (C=O) groups excluding carboxylic acids is 1. The summed E-state index contributed by atoms with van der Waals surface area (Å²) in [6.45, 7) is 7.93. The van der Waals surface area contributed by atoms with E-state index >= 15 is 0 Å². The molecule has 1 aromatic heterocycles. The Morgan fingerprint density at radius 1 is 1.40 bits per heavy atom. The first-order chi connectivity index (χ1) is 6.85. The van der Waals surface area contributed by atoms with Crippen LogP contribution in [0.15, 0.2) is 22.9 Å². The first-order valence-electron chi connectivity index (χ1n) is 4.54. The number of aromatic nitrogens is 1. The Morgan fingerprint density at radius 2 is 2.00 bits per heavy atom. The van der Waals surface area contributed by atoms with Crippen molar-refractivity contribution in [1.82, 2.24) is 4.98 Å². The molecule has 0 atom stereocenters. The minimum Gasteiger partial charge on any atom is -0.462 e. The molecule has 4 heteroatoms. The Morgan fingerprint density at radius 3 is 2.20 bits per heavy atom. The molecule has 1 aromatic rings. The van der Waals surface area contributed by atoms with Gasteiger partial charge in [0.1, 0.15) is 5.60 Å². The Bertz CT molecular complexity index is 290. The average molecular weight is 274 g/mol. The number of halogens is 1. The van der Waals surface area contributed by atoms with E-state index in [-0.39, 0.29) is 5.60 Å². The molecule has 0 bridgehead atoms. The molecule has 1 heterocycles. The minimum absolute atomic E-state index is 0.318. The first-order valence-corrected chi connectivity index (χ1v) is 5.33. The fraction of sp³-hybridized carbons (Fsp3) is 0.455. The van der Waals surface area contributed by atoms with E-state index in [1.807, 2.05) is 40.0 Å². The summed E-state index contributed by atoms with van der Waals surface area (Å²) in [6.07, 6.45) is 3.60. The number of hydrogen-bond donors (Lipinski definition) is 0. The van der Waals surface area contributed by atoms with E-state index in [1.54, 1.807) is 6.20 Å². The van der Waals surface area contributed by atoms with Crippen molar-refractivity contribution in [2.24, 2.45) is 0 Å². The second kappa shape index (κ2) is 6.56. The van der Waals surface area contributed by atoms with Gasteiger partial charge < -0.3 is 4.74 Å². The molecule has 0 spiro atoms. The van der Waals surface area contributed by atoms with Crippen LogP contribution in [0.4, 0.5) is 0 Å². The van der Waals surface area contributed by atoms with Gasteiger partial charge in [0, 0.05) is 16.9 Å². The molecule has 0 aromatic carbocycles. The number of rotatable bonds is 1. The Balaban J connectivity index is 0.000000265. The van der Waals surface area contributed by atoms with Gasteiger partial charge in [-0.3, -0.25) is 9.78 Å². The van der Waals surface area contributed by atoms with E-state index in [1.165, 1.54) is 5.56 Å². The van der Waals surface area contributed by atoms with Gasteiger partial charge >= 0.3 is 0 Å². The Labute approximate surface area is 99.0 Å². The van der Waals surface area contributed by atoms with Gasteiger partial charge in [-0.05, 0) is 55.3 Å². The summed E-state index contributed by atoms with van der Waals surface area (Å²) in [7, 11) is 0. The number of ether oxygens (including phenoxy) is 1. The highest BCUT2D eigenvalue weighted by Crippen LogP contribution is 2.07. The van der Waals surface area contributed by atoms with E-state index in [9.17, 15) is 4.79 Å². The van der Waals surface area contributed by atoms with Crippen molar-refractivity contribution in [1.29, 1.82) is 0 Å². The largest absolute Gasteiger partial charge is 0.462 e. The fourth-order valence-electron chi connectivity index (χ4n) is 0.662. The number of aryl methyl sites for hydroxylation is 1. The lowest BCUT2D eigenvalue weighted by molar-refractivity contribution is -0.138. The van der Waals surface area contributed by atoms with Crippen LogP contribution in [-0.4, -0.2) is 17.1 Å². The Hall–Kier alpha value is -0.900. The Kier molecular flexibility index (Phi) is 6.17. The van der Waals surface area contributed by atoms with E-state index in [4.69, 9.17) is 0 Å². The molecular formula is C11H16BrNO2. The van der Waals surface area contributed by atoms with Crippen LogP contribution in [0.3, 0.4) is 0 Å². The van der Waals surface area contributed by atoms with Crippen molar-refractivity contribution in [2.75, 3.05) is 0 Å². The smallest absolute Gasteiger partial charge is 0.293 e. The maximum atomic E-state index is 9.60. The van der Waals surface area contributed by atoms with Crippen molar-refractivity contribution in [3.05, 3.63) is 28.5 Å². The van der Waals surface area contributed by atoms with Gasteiger partial charge in [0.25, 0.3) is 6.47 Å². The third-order valence-corrected chi connectivity index (χ3v) is 1.68. The molecule has 84 valence electrons. The molecular weight excluding hydrogens is 258 g/mol. The van der Waals surface area contributed by atoms with Gasteiger partial charge in [0.15, 0.2) is 0 Å². The standard InChI is InChI=1S/C6H6BrN.C5H10O2/c1-5-2-6(7)4-8-3-5;1-5(2,3)7-4-6/h2-4H,1H3;4H,1-3H3. The van der Waals surface area contributed by atoms with E-state index < -0.39 is 0 Å². The van der Waals surface area contributed by atoms with Crippen molar-refractivity contribution >= 4 is 22.4 Å². The second-order valence-corrected chi connectivity index (χ2v) is 4.92. The third-order valence-electron chi connectivity index (χ3n) is 1.24. The lowest BCUT2D eigenvalue weighted by Gasteiger charge is -2.14. The summed E-state index contributed by atoms with van der Waals surface area (Å²) in [5.41, 5.74) is 0.862. The summed E-state index contributed by atoms with van der Waals surface area (Å²) in [4.78, 5) is 13.5. The lowest BCUT2D eigenvalue weighted by Crippen LogP contribution is -2.17. The van der Waals surface area contributed by atoms with Gasteiger partial charge in [0.05, 0.1) is 0 Å². The summed E-state index contributed by atoms with van der Waals surface area (Å²) >= 11 is 3.30. The summed E-state index contributed by atoms with van der Waals surface area (Å²) in [5, 5.41) is 0. The topological polar surface area (TPSA) is 39.2 Å². The highest BCUT2D eigenvalue weighted by Gasteiger charge is 2.07.